The lowest BCUT2D eigenvalue weighted by molar-refractivity contribution is 0.0897. The maximum absolute atomic E-state index is 5.13. The minimum atomic E-state index is 0.784. The van der Waals surface area contributed by atoms with Crippen LogP contribution in [0.3, 0.4) is 0 Å². The molecule has 0 spiro atoms. The highest BCUT2D eigenvalue weighted by atomic mass is 16.5. The van der Waals surface area contributed by atoms with Gasteiger partial charge in [0.15, 0.2) is 0 Å². The topological polar surface area (TPSA) is 15.7 Å². The highest BCUT2D eigenvalue weighted by Crippen LogP contribution is 2.14. The van der Waals surface area contributed by atoms with E-state index in [1.165, 1.54) is 25.9 Å². The van der Waals surface area contributed by atoms with E-state index in [4.69, 9.17) is 4.74 Å². The molecule has 0 aromatic heterocycles. The van der Waals surface area contributed by atoms with Crippen LogP contribution in [0.1, 0.15) is 33.6 Å². The molecule has 0 unspecified atom stereocenters. The number of nitrogens with zero attached hydrogens (tertiary/aromatic N) is 2. The third-order valence-corrected chi connectivity index (χ3v) is 3.19. The van der Waals surface area contributed by atoms with Gasteiger partial charge in [0.1, 0.15) is 0 Å². The average molecular weight is 230 g/mol. The number of ether oxygens (including phenoxy) is 1. The molecule has 0 N–H and O–H groups in total. The summed E-state index contributed by atoms with van der Waals surface area (Å²) in [6.07, 6.45) is 2.63. The molecule has 0 atom stereocenters. The zero-order valence-corrected chi connectivity index (χ0v) is 11.8. The van der Waals surface area contributed by atoms with E-state index in [9.17, 15) is 0 Å². The van der Waals surface area contributed by atoms with Gasteiger partial charge in [0.05, 0.1) is 6.61 Å². The molecule has 0 aliphatic carbocycles. The first kappa shape index (κ1) is 15.9. The molecule has 0 saturated carbocycles. The fourth-order valence-electron chi connectivity index (χ4n) is 2.17. The van der Waals surface area contributed by atoms with Crippen LogP contribution in [0.4, 0.5) is 0 Å². The number of likely N-dealkylation sites (tertiary alicyclic amines) is 1. The van der Waals surface area contributed by atoms with Crippen molar-refractivity contribution in [3.8, 4) is 0 Å². The molecule has 1 heterocycles. The molecule has 98 valence electrons. The van der Waals surface area contributed by atoms with Crippen LogP contribution < -0.4 is 0 Å². The zero-order chi connectivity index (χ0) is 12.4. The second kappa shape index (κ2) is 10.1. The standard InChI is InChI=1S/C11H24N2O.C2H6/c1-4-13(9-10-14-3)11-5-7-12(2)8-6-11;1-2/h11H,4-10H2,1-3H3;1-2H3. The highest BCUT2D eigenvalue weighted by Gasteiger charge is 2.21. The van der Waals surface area contributed by atoms with Gasteiger partial charge in [0.25, 0.3) is 0 Å². The highest BCUT2D eigenvalue weighted by molar-refractivity contribution is 4.77. The quantitative estimate of drug-likeness (QED) is 0.719. The molecule has 0 bridgehead atoms. The van der Waals surface area contributed by atoms with Gasteiger partial charge in [0.2, 0.25) is 0 Å². The van der Waals surface area contributed by atoms with Crippen molar-refractivity contribution in [2.75, 3.05) is 46.9 Å². The Morgan fingerprint density at radius 3 is 2.25 bits per heavy atom. The molecule has 1 saturated heterocycles. The molecule has 0 aromatic carbocycles. The first-order valence-corrected chi connectivity index (χ1v) is 6.69. The van der Waals surface area contributed by atoms with Gasteiger partial charge in [-0.1, -0.05) is 20.8 Å². The maximum atomic E-state index is 5.13. The fraction of sp³-hybridized carbons (Fsp3) is 1.00. The number of likely N-dealkylation sites (N-methyl/N-ethyl adjacent to an activating group) is 1. The van der Waals surface area contributed by atoms with Crippen LogP contribution in [0, 0.1) is 0 Å². The lowest BCUT2D eigenvalue weighted by Crippen LogP contribution is -2.44. The summed E-state index contributed by atoms with van der Waals surface area (Å²) in [5.41, 5.74) is 0. The van der Waals surface area contributed by atoms with Crippen molar-refractivity contribution >= 4 is 0 Å². The lowest BCUT2D eigenvalue weighted by atomic mass is 10.0. The van der Waals surface area contributed by atoms with Gasteiger partial charge in [0, 0.05) is 19.7 Å². The molecule has 1 fully saturated rings. The summed E-state index contributed by atoms with van der Waals surface area (Å²) in [5, 5.41) is 0. The fourth-order valence-corrected chi connectivity index (χ4v) is 2.17. The largest absolute Gasteiger partial charge is 0.383 e. The number of piperidine rings is 1. The molecule has 3 nitrogen and oxygen atoms in total. The molecule has 0 aromatic rings. The van der Waals surface area contributed by atoms with Gasteiger partial charge < -0.3 is 9.64 Å². The van der Waals surface area contributed by atoms with Crippen LogP contribution >= 0.6 is 0 Å². The third kappa shape index (κ3) is 5.83. The van der Waals surface area contributed by atoms with Crippen molar-refractivity contribution in [2.45, 2.75) is 39.7 Å². The van der Waals surface area contributed by atoms with E-state index < -0.39 is 0 Å². The van der Waals surface area contributed by atoms with Crippen molar-refractivity contribution < 1.29 is 4.74 Å². The molecular formula is C13H30N2O. The summed E-state index contributed by atoms with van der Waals surface area (Å²) in [7, 11) is 3.99. The third-order valence-electron chi connectivity index (χ3n) is 3.19. The van der Waals surface area contributed by atoms with Crippen LogP contribution in [0.15, 0.2) is 0 Å². The predicted molar refractivity (Wildman–Crippen MR) is 71.0 cm³/mol. The molecule has 1 rings (SSSR count). The molecule has 1 aliphatic heterocycles. The van der Waals surface area contributed by atoms with Crippen molar-refractivity contribution in [2.24, 2.45) is 0 Å². The van der Waals surface area contributed by atoms with Crippen molar-refractivity contribution in [3.05, 3.63) is 0 Å². The number of hydrogen-bond donors (Lipinski definition) is 0. The van der Waals surface area contributed by atoms with Gasteiger partial charge in [-0.2, -0.15) is 0 Å². The summed E-state index contributed by atoms with van der Waals surface area (Å²) in [5.74, 6) is 0. The second-order valence-corrected chi connectivity index (χ2v) is 4.16. The Morgan fingerprint density at radius 2 is 1.81 bits per heavy atom. The Balaban J connectivity index is 0.00000106. The Morgan fingerprint density at radius 1 is 1.25 bits per heavy atom. The van der Waals surface area contributed by atoms with Crippen molar-refractivity contribution in [1.29, 1.82) is 0 Å². The number of rotatable bonds is 5. The summed E-state index contributed by atoms with van der Waals surface area (Å²) in [4.78, 5) is 4.97. The van der Waals surface area contributed by atoms with E-state index >= 15 is 0 Å². The van der Waals surface area contributed by atoms with Gasteiger partial charge in [-0.25, -0.2) is 0 Å². The van der Waals surface area contributed by atoms with Crippen LogP contribution in [0.5, 0.6) is 0 Å². The zero-order valence-electron chi connectivity index (χ0n) is 11.8. The first-order chi connectivity index (χ1) is 7.77. The Bertz CT molecular complexity index is 142. The molecule has 16 heavy (non-hydrogen) atoms. The minimum absolute atomic E-state index is 0.784. The van der Waals surface area contributed by atoms with Crippen molar-refractivity contribution in [1.82, 2.24) is 9.80 Å². The molecule has 0 amide bonds. The monoisotopic (exact) mass is 230 g/mol. The second-order valence-electron chi connectivity index (χ2n) is 4.16. The Labute approximate surface area is 102 Å². The number of hydrogen-bond acceptors (Lipinski definition) is 3. The minimum Gasteiger partial charge on any atom is -0.383 e. The first-order valence-electron chi connectivity index (χ1n) is 6.69. The van der Waals surface area contributed by atoms with Crippen LogP contribution in [-0.2, 0) is 4.74 Å². The Kier molecular flexibility index (Phi) is 9.99. The van der Waals surface area contributed by atoms with E-state index in [0.29, 0.717) is 0 Å². The maximum Gasteiger partial charge on any atom is 0.0589 e. The van der Waals surface area contributed by atoms with Crippen LogP contribution in [0.2, 0.25) is 0 Å². The van der Waals surface area contributed by atoms with E-state index in [0.717, 1.165) is 25.7 Å². The summed E-state index contributed by atoms with van der Waals surface area (Å²) >= 11 is 0. The predicted octanol–water partition coefficient (Wildman–Crippen LogP) is 2.08. The average Bonchev–Trinajstić information content (AvgIpc) is 2.35. The van der Waals surface area contributed by atoms with E-state index in [2.05, 4.69) is 23.8 Å². The lowest BCUT2D eigenvalue weighted by Gasteiger charge is -2.36. The van der Waals surface area contributed by atoms with Gasteiger partial charge in [-0.05, 0) is 39.5 Å². The molecular weight excluding hydrogens is 200 g/mol. The SMILES string of the molecule is CC.CCN(CCOC)C1CCN(C)CC1. The van der Waals surface area contributed by atoms with Gasteiger partial charge >= 0.3 is 0 Å². The molecule has 3 heteroatoms. The number of methoxy groups -OCH3 is 1. The van der Waals surface area contributed by atoms with E-state index in [-0.39, 0.29) is 0 Å². The van der Waals surface area contributed by atoms with E-state index in [1.54, 1.807) is 7.11 Å². The van der Waals surface area contributed by atoms with Crippen LogP contribution in [-0.4, -0.2) is 62.8 Å². The smallest absolute Gasteiger partial charge is 0.0589 e. The normalized spacial score (nSPS) is 18.4. The Hall–Kier alpha value is -0.120. The van der Waals surface area contributed by atoms with Crippen LogP contribution in [0.25, 0.3) is 0 Å². The van der Waals surface area contributed by atoms with Gasteiger partial charge in [-0.3, -0.25) is 4.90 Å². The molecule has 0 radical (unpaired) electrons. The summed E-state index contributed by atoms with van der Waals surface area (Å²) in [6, 6.07) is 0.784. The van der Waals surface area contributed by atoms with E-state index in [1.807, 2.05) is 13.8 Å². The molecule has 1 aliphatic rings. The van der Waals surface area contributed by atoms with Gasteiger partial charge in [-0.15, -0.1) is 0 Å². The van der Waals surface area contributed by atoms with Crippen molar-refractivity contribution in [3.63, 3.8) is 0 Å². The summed E-state index contributed by atoms with van der Waals surface area (Å²) in [6.45, 7) is 11.8. The summed E-state index contributed by atoms with van der Waals surface area (Å²) < 4.78 is 5.13.